The predicted molar refractivity (Wildman–Crippen MR) is 79.1 cm³/mol. The van der Waals surface area contributed by atoms with Crippen LogP contribution in [-0.4, -0.2) is 20.5 Å². The second kappa shape index (κ2) is 4.97. The Morgan fingerprint density at radius 3 is 2.80 bits per heavy atom. The lowest BCUT2D eigenvalue weighted by molar-refractivity contribution is 0.103. The number of hydrogen-bond donors (Lipinski definition) is 1. The number of carbonyl (C=O) groups excluding carboxylic acids is 1. The highest BCUT2D eigenvalue weighted by atomic mass is 32.1. The van der Waals surface area contributed by atoms with Crippen molar-refractivity contribution in [3.05, 3.63) is 46.6 Å². The highest BCUT2D eigenvalue weighted by Gasteiger charge is 2.14. The average Bonchev–Trinajstić information content (AvgIpc) is 2.85. The van der Waals surface area contributed by atoms with Crippen molar-refractivity contribution in [1.29, 1.82) is 0 Å². The molecule has 100 valence electrons. The molecule has 0 fully saturated rings. The molecule has 0 saturated heterocycles. The molecule has 0 aliphatic heterocycles. The van der Waals surface area contributed by atoms with E-state index in [-0.39, 0.29) is 5.91 Å². The van der Waals surface area contributed by atoms with Crippen molar-refractivity contribution < 1.29 is 4.79 Å². The standard InChI is InChI=1S/C14H12N4OS/c1-8-6-7-10-11(15-8)4-3-5-12(10)16-14(19)13-9(2)17-18-20-13/h3-7H,1-2H3,(H,16,19). The van der Waals surface area contributed by atoms with E-state index in [0.717, 1.165) is 33.8 Å². The third kappa shape index (κ3) is 2.25. The van der Waals surface area contributed by atoms with Gasteiger partial charge in [-0.3, -0.25) is 9.78 Å². The summed E-state index contributed by atoms with van der Waals surface area (Å²) in [5.74, 6) is -0.189. The van der Waals surface area contributed by atoms with Crippen LogP contribution in [0.5, 0.6) is 0 Å². The van der Waals surface area contributed by atoms with Gasteiger partial charge in [0.25, 0.3) is 5.91 Å². The minimum absolute atomic E-state index is 0.189. The van der Waals surface area contributed by atoms with Gasteiger partial charge in [-0.15, -0.1) is 5.10 Å². The molecule has 3 rings (SSSR count). The number of hydrogen-bond acceptors (Lipinski definition) is 5. The van der Waals surface area contributed by atoms with Crippen LogP contribution in [0.4, 0.5) is 5.69 Å². The maximum absolute atomic E-state index is 12.2. The van der Waals surface area contributed by atoms with E-state index in [1.807, 2.05) is 37.3 Å². The van der Waals surface area contributed by atoms with Gasteiger partial charge in [0.1, 0.15) is 4.88 Å². The number of anilines is 1. The topological polar surface area (TPSA) is 67.8 Å². The summed E-state index contributed by atoms with van der Waals surface area (Å²) in [6.45, 7) is 3.71. The number of nitrogens with zero attached hydrogens (tertiary/aromatic N) is 3. The van der Waals surface area contributed by atoms with Crippen molar-refractivity contribution in [1.82, 2.24) is 14.6 Å². The number of pyridine rings is 1. The number of amides is 1. The van der Waals surface area contributed by atoms with E-state index in [1.165, 1.54) is 0 Å². The van der Waals surface area contributed by atoms with E-state index in [0.29, 0.717) is 10.6 Å². The monoisotopic (exact) mass is 284 g/mol. The molecule has 2 aromatic heterocycles. The smallest absolute Gasteiger partial charge is 0.269 e. The van der Waals surface area contributed by atoms with Gasteiger partial charge in [0.05, 0.1) is 16.9 Å². The van der Waals surface area contributed by atoms with Crippen molar-refractivity contribution in [2.24, 2.45) is 0 Å². The first-order valence-corrected chi connectivity index (χ1v) is 6.89. The Balaban J connectivity index is 1.99. The maximum atomic E-state index is 12.2. The Kier molecular flexibility index (Phi) is 3.15. The molecule has 0 atom stereocenters. The minimum atomic E-state index is -0.189. The highest BCUT2D eigenvalue weighted by molar-refractivity contribution is 7.08. The lowest BCUT2D eigenvalue weighted by Crippen LogP contribution is -2.11. The molecule has 1 N–H and O–H groups in total. The summed E-state index contributed by atoms with van der Waals surface area (Å²) in [4.78, 5) is 17.2. The van der Waals surface area contributed by atoms with E-state index in [2.05, 4.69) is 19.9 Å². The van der Waals surface area contributed by atoms with Crippen LogP contribution >= 0.6 is 11.5 Å². The van der Waals surface area contributed by atoms with Gasteiger partial charge >= 0.3 is 0 Å². The Hall–Kier alpha value is -2.34. The minimum Gasteiger partial charge on any atom is -0.321 e. The summed E-state index contributed by atoms with van der Waals surface area (Å²) in [5, 5.41) is 7.67. The molecule has 0 radical (unpaired) electrons. The van der Waals surface area contributed by atoms with Gasteiger partial charge in [-0.2, -0.15) is 0 Å². The lowest BCUT2D eigenvalue weighted by Gasteiger charge is -2.08. The first-order valence-electron chi connectivity index (χ1n) is 6.12. The second-order valence-electron chi connectivity index (χ2n) is 4.47. The molecule has 5 nitrogen and oxygen atoms in total. The summed E-state index contributed by atoms with van der Waals surface area (Å²) in [6.07, 6.45) is 0. The van der Waals surface area contributed by atoms with E-state index in [4.69, 9.17) is 0 Å². The van der Waals surface area contributed by atoms with Crippen molar-refractivity contribution in [3.8, 4) is 0 Å². The van der Waals surface area contributed by atoms with Crippen LogP contribution in [0.15, 0.2) is 30.3 Å². The lowest BCUT2D eigenvalue weighted by atomic mass is 10.1. The van der Waals surface area contributed by atoms with Crippen molar-refractivity contribution in [2.75, 3.05) is 5.32 Å². The number of nitrogens with one attached hydrogen (secondary N) is 1. The van der Waals surface area contributed by atoms with E-state index in [1.54, 1.807) is 6.92 Å². The quantitative estimate of drug-likeness (QED) is 0.785. The van der Waals surface area contributed by atoms with Gasteiger partial charge in [0, 0.05) is 11.1 Å². The largest absolute Gasteiger partial charge is 0.321 e. The molecule has 20 heavy (non-hydrogen) atoms. The van der Waals surface area contributed by atoms with Crippen LogP contribution in [0.3, 0.4) is 0 Å². The van der Waals surface area contributed by atoms with Crippen LogP contribution in [0.1, 0.15) is 21.1 Å². The number of rotatable bonds is 2. The molecule has 0 unspecified atom stereocenters. The number of fused-ring (bicyclic) bond motifs is 1. The Morgan fingerprint density at radius 1 is 1.20 bits per heavy atom. The summed E-state index contributed by atoms with van der Waals surface area (Å²) in [7, 11) is 0. The van der Waals surface area contributed by atoms with Gasteiger partial charge in [0.15, 0.2) is 0 Å². The third-order valence-corrected chi connectivity index (χ3v) is 3.80. The first-order chi connectivity index (χ1) is 9.65. The summed E-state index contributed by atoms with van der Waals surface area (Å²) in [5.41, 5.74) is 3.19. The zero-order valence-corrected chi connectivity index (χ0v) is 11.9. The van der Waals surface area contributed by atoms with E-state index >= 15 is 0 Å². The molecular weight excluding hydrogens is 272 g/mol. The van der Waals surface area contributed by atoms with Crippen LogP contribution in [0, 0.1) is 13.8 Å². The molecule has 0 saturated carbocycles. The predicted octanol–water partition coefficient (Wildman–Crippen LogP) is 2.96. The van der Waals surface area contributed by atoms with Crippen molar-refractivity contribution >= 4 is 34.0 Å². The van der Waals surface area contributed by atoms with Crippen LogP contribution < -0.4 is 5.32 Å². The zero-order valence-electron chi connectivity index (χ0n) is 11.0. The van der Waals surface area contributed by atoms with Crippen molar-refractivity contribution in [3.63, 3.8) is 0 Å². The number of carbonyl (C=O) groups is 1. The zero-order chi connectivity index (χ0) is 14.1. The first kappa shape index (κ1) is 12.7. The molecular formula is C14H12N4OS. The molecule has 2 heterocycles. The normalized spacial score (nSPS) is 10.7. The number of aromatic nitrogens is 3. The molecule has 0 aliphatic carbocycles. The van der Waals surface area contributed by atoms with E-state index in [9.17, 15) is 4.79 Å². The molecule has 1 amide bonds. The summed E-state index contributed by atoms with van der Waals surface area (Å²) >= 11 is 1.10. The van der Waals surface area contributed by atoms with Gasteiger partial charge in [-0.05, 0) is 49.6 Å². The molecule has 6 heteroatoms. The van der Waals surface area contributed by atoms with E-state index < -0.39 is 0 Å². The van der Waals surface area contributed by atoms with Crippen LogP contribution in [0.25, 0.3) is 10.9 Å². The molecule has 1 aromatic carbocycles. The summed E-state index contributed by atoms with van der Waals surface area (Å²) < 4.78 is 3.78. The molecule has 3 aromatic rings. The Bertz CT molecular complexity index is 797. The Labute approximate surface area is 119 Å². The second-order valence-corrected chi connectivity index (χ2v) is 5.22. The fourth-order valence-electron chi connectivity index (χ4n) is 1.98. The van der Waals surface area contributed by atoms with Crippen molar-refractivity contribution in [2.45, 2.75) is 13.8 Å². The fourth-order valence-corrected chi connectivity index (χ4v) is 2.54. The number of benzene rings is 1. The fraction of sp³-hybridized carbons (Fsp3) is 0.143. The molecule has 0 aliphatic rings. The van der Waals surface area contributed by atoms with Gasteiger partial charge < -0.3 is 5.32 Å². The average molecular weight is 284 g/mol. The van der Waals surface area contributed by atoms with Crippen LogP contribution in [0.2, 0.25) is 0 Å². The summed E-state index contributed by atoms with van der Waals surface area (Å²) in [6, 6.07) is 9.56. The molecule has 0 bridgehead atoms. The van der Waals surface area contributed by atoms with Gasteiger partial charge in [0.2, 0.25) is 0 Å². The highest BCUT2D eigenvalue weighted by Crippen LogP contribution is 2.23. The van der Waals surface area contributed by atoms with Gasteiger partial charge in [-0.1, -0.05) is 10.6 Å². The number of aryl methyl sites for hydroxylation is 2. The van der Waals surface area contributed by atoms with Crippen LogP contribution in [-0.2, 0) is 0 Å². The van der Waals surface area contributed by atoms with Gasteiger partial charge in [-0.25, -0.2) is 0 Å². The Morgan fingerprint density at radius 2 is 2.05 bits per heavy atom. The maximum Gasteiger partial charge on any atom is 0.269 e. The third-order valence-electron chi connectivity index (χ3n) is 2.98. The SMILES string of the molecule is Cc1ccc2c(NC(=O)c3snnc3C)cccc2n1. The molecule has 0 spiro atoms.